The Bertz CT molecular complexity index is 730. The zero-order valence-electron chi connectivity index (χ0n) is 12.2. The monoisotopic (exact) mass is 314 g/mol. The van der Waals surface area contributed by atoms with Crippen molar-refractivity contribution in [1.82, 2.24) is 5.43 Å². The highest BCUT2D eigenvalue weighted by Crippen LogP contribution is 2.07. The third-order valence-corrected chi connectivity index (χ3v) is 3.06. The van der Waals surface area contributed by atoms with E-state index >= 15 is 0 Å². The molecular formula is C17H15FN2O3. The van der Waals surface area contributed by atoms with E-state index in [0.29, 0.717) is 11.3 Å². The minimum atomic E-state index is -0.954. The molecule has 0 aliphatic carbocycles. The Labute approximate surface area is 132 Å². The molecule has 23 heavy (non-hydrogen) atoms. The minimum absolute atomic E-state index is 0.108. The summed E-state index contributed by atoms with van der Waals surface area (Å²) in [6, 6.07) is 14.2. The first-order valence-electron chi connectivity index (χ1n) is 6.96. The number of rotatable bonds is 6. The van der Waals surface area contributed by atoms with Gasteiger partial charge >= 0.3 is 5.97 Å². The molecule has 0 saturated heterocycles. The van der Waals surface area contributed by atoms with Crippen molar-refractivity contribution in [2.24, 2.45) is 5.10 Å². The van der Waals surface area contributed by atoms with Gasteiger partial charge in [-0.1, -0.05) is 36.4 Å². The van der Waals surface area contributed by atoms with Gasteiger partial charge in [-0.15, -0.1) is 0 Å². The number of hydrogen-bond acceptors (Lipinski definition) is 3. The first-order valence-corrected chi connectivity index (χ1v) is 6.96. The van der Waals surface area contributed by atoms with Crippen LogP contribution in [0.15, 0.2) is 59.7 Å². The molecule has 6 heteroatoms. The lowest BCUT2D eigenvalue weighted by Gasteiger charge is -2.06. The lowest BCUT2D eigenvalue weighted by Crippen LogP contribution is -2.20. The van der Waals surface area contributed by atoms with Crippen LogP contribution in [-0.4, -0.2) is 22.7 Å². The number of carbonyl (C=O) groups is 2. The fourth-order valence-electron chi connectivity index (χ4n) is 1.93. The number of carboxylic acids is 1. The fourth-order valence-corrected chi connectivity index (χ4v) is 1.93. The van der Waals surface area contributed by atoms with Gasteiger partial charge in [-0.3, -0.25) is 9.59 Å². The maximum absolute atomic E-state index is 13.1. The zero-order valence-corrected chi connectivity index (χ0v) is 12.2. The van der Waals surface area contributed by atoms with Crippen LogP contribution < -0.4 is 5.43 Å². The summed E-state index contributed by atoms with van der Waals surface area (Å²) in [7, 11) is 0. The van der Waals surface area contributed by atoms with Crippen molar-refractivity contribution in [1.29, 1.82) is 0 Å². The molecule has 0 unspecified atom stereocenters. The molecule has 0 aliphatic heterocycles. The molecule has 0 aliphatic rings. The number of aliphatic carboxylic acids is 1. The maximum Gasteiger partial charge on any atom is 0.303 e. The molecule has 2 rings (SSSR count). The SMILES string of the molecule is O=C(O)CC/C(=N\NC(=O)c1cccc(F)c1)c1ccccc1. The molecule has 0 radical (unpaired) electrons. The third kappa shape index (κ3) is 5.03. The van der Waals surface area contributed by atoms with Crippen LogP contribution in [0.2, 0.25) is 0 Å². The van der Waals surface area contributed by atoms with E-state index < -0.39 is 17.7 Å². The van der Waals surface area contributed by atoms with E-state index in [1.54, 1.807) is 24.3 Å². The van der Waals surface area contributed by atoms with Crippen LogP contribution in [0.5, 0.6) is 0 Å². The zero-order chi connectivity index (χ0) is 16.7. The van der Waals surface area contributed by atoms with E-state index in [0.717, 1.165) is 6.07 Å². The Morgan fingerprint density at radius 1 is 1.00 bits per heavy atom. The van der Waals surface area contributed by atoms with Gasteiger partial charge in [-0.25, -0.2) is 9.82 Å². The summed E-state index contributed by atoms with van der Waals surface area (Å²) in [5.41, 5.74) is 3.63. The molecule has 0 atom stereocenters. The van der Waals surface area contributed by atoms with Gasteiger partial charge in [0.2, 0.25) is 0 Å². The predicted octanol–water partition coefficient (Wildman–Crippen LogP) is 2.82. The largest absolute Gasteiger partial charge is 0.481 e. The van der Waals surface area contributed by atoms with Gasteiger partial charge in [0, 0.05) is 12.0 Å². The molecule has 2 aromatic rings. The van der Waals surface area contributed by atoms with Crippen molar-refractivity contribution in [3.05, 3.63) is 71.5 Å². The topological polar surface area (TPSA) is 78.8 Å². The number of hydrogen-bond donors (Lipinski definition) is 2. The number of hydrazone groups is 1. The average molecular weight is 314 g/mol. The fraction of sp³-hybridized carbons (Fsp3) is 0.118. The van der Waals surface area contributed by atoms with Crippen molar-refractivity contribution in [2.45, 2.75) is 12.8 Å². The summed E-state index contributed by atoms with van der Waals surface area (Å²) >= 11 is 0. The number of benzene rings is 2. The summed E-state index contributed by atoms with van der Waals surface area (Å²) < 4.78 is 13.1. The molecule has 0 fully saturated rings. The van der Waals surface area contributed by atoms with Gasteiger partial charge in [-0.2, -0.15) is 5.10 Å². The summed E-state index contributed by atoms with van der Waals surface area (Å²) in [4.78, 5) is 22.7. The van der Waals surface area contributed by atoms with Gasteiger partial charge in [0.15, 0.2) is 0 Å². The summed E-state index contributed by atoms with van der Waals surface area (Å²) in [6.45, 7) is 0. The molecule has 0 saturated carbocycles. The molecule has 2 N–H and O–H groups in total. The lowest BCUT2D eigenvalue weighted by atomic mass is 10.1. The van der Waals surface area contributed by atoms with Gasteiger partial charge in [0.1, 0.15) is 5.82 Å². The average Bonchev–Trinajstić information content (AvgIpc) is 2.55. The first kappa shape index (κ1) is 16.4. The lowest BCUT2D eigenvalue weighted by molar-refractivity contribution is -0.136. The quantitative estimate of drug-likeness (QED) is 0.635. The second-order valence-electron chi connectivity index (χ2n) is 4.77. The molecular weight excluding hydrogens is 299 g/mol. The van der Waals surface area contributed by atoms with Crippen LogP contribution in [0.25, 0.3) is 0 Å². The number of amides is 1. The van der Waals surface area contributed by atoms with Gasteiger partial charge < -0.3 is 5.11 Å². The van der Waals surface area contributed by atoms with E-state index in [2.05, 4.69) is 10.5 Å². The van der Waals surface area contributed by atoms with E-state index in [9.17, 15) is 14.0 Å². The predicted molar refractivity (Wildman–Crippen MR) is 83.7 cm³/mol. The Kier molecular flexibility index (Phi) is 5.57. The molecule has 118 valence electrons. The van der Waals surface area contributed by atoms with Crippen molar-refractivity contribution in [2.75, 3.05) is 0 Å². The normalized spacial score (nSPS) is 11.1. The smallest absolute Gasteiger partial charge is 0.303 e. The van der Waals surface area contributed by atoms with Crippen molar-refractivity contribution < 1.29 is 19.1 Å². The molecule has 5 nitrogen and oxygen atoms in total. The molecule has 0 bridgehead atoms. The Balaban J connectivity index is 2.16. The molecule has 0 spiro atoms. The third-order valence-electron chi connectivity index (χ3n) is 3.06. The summed E-state index contributed by atoms with van der Waals surface area (Å²) in [5.74, 6) is -2.03. The maximum atomic E-state index is 13.1. The molecule has 1 amide bonds. The number of halogens is 1. The van der Waals surface area contributed by atoms with Crippen molar-refractivity contribution >= 4 is 17.6 Å². The minimum Gasteiger partial charge on any atom is -0.481 e. The van der Waals surface area contributed by atoms with Crippen molar-refractivity contribution in [3.8, 4) is 0 Å². The van der Waals surface area contributed by atoms with Gasteiger partial charge in [0.25, 0.3) is 5.91 Å². The van der Waals surface area contributed by atoms with Crippen LogP contribution >= 0.6 is 0 Å². The summed E-state index contributed by atoms with van der Waals surface area (Å²) in [6.07, 6.45) is 0.0618. The Hall–Kier alpha value is -3.02. The highest BCUT2D eigenvalue weighted by atomic mass is 19.1. The highest BCUT2D eigenvalue weighted by Gasteiger charge is 2.09. The van der Waals surface area contributed by atoms with E-state index in [1.807, 2.05) is 6.07 Å². The second-order valence-corrected chi connectivity index (χ2v) is 4.77. The van der Waals surface area contributed by atoms with Crippen LogP contribution in [0.4, 0.5) is 4.39 Å². The molecule has 0 aromatic heterocycles. The molecule has 2 aromatic carbocycles. The number of nitrogens with zero attached hydrogens (tertiary/aromatic N) is 1. The van der Waals surface area contributed by atoms with E-state index in [4.69, 9.17) is 5.11 Å². The number of carbonyl (C=O) groups excluding carboxylic acids is 1. The number of carboxylic acid groups (broad SMARTS) is 1. The second kappa shape index (κ2) is 7.84. The van der Waals surface area contributed by atoms with Crippen molar-refractivity contribution in [3.63, 3.8) is 0 Å². The van der Waals surface area contributed by atoms with E-state index in [1.165, 1.54) is 18.2 Å². The highest BCUT2D eigenvalue weighted by molar-refractivity contribution is 6.03. The van der Waals surface area contributed by atoms with Crippen LogP contribution in [0.1, 0.15) is 28.8 Å². The first-order chi connectivity index (χ1) is 11.1. The van der Waals surface area contributed by atoms with E-state index in [-0.39, 0.29) is 18.4 Å². The number of nitrogens with one attached hydrogen (secondary N) is 1. The van der Waals surface area contributed by atoms with Gasteiger partial charge in [0.05, 0.1) is 12.1 Å². The van der Waals surface area contributed by atoms with Crippen LogP contribution in [0.3, 0.4) is 0 Å². The van der Waals surface area contributed by atoms with Gasteiger partial charge in [-0.05, 0) is 23.8 Å². The van der Waals surface area contributed by atoms with Crippen LogP contribution in [0, 0.1) is 5.82 Å². The standard InChI is InChI=1S/C17H15FN2O3/c18-14-8-4-7-13(11-14)17(23)20-19-15(9-10-16(21)22)12-5-2-1-3-6-12/h1-8,11H,9-10H2,(H,20,23)(H,21,22)/b19-15+. The Morgan fingerprint density at radius 2 is 1.70 bits per heavy atom. The summed E-state index contributed by atoms with van der Waals surface area (Å²) in [5, 5.41) is 12.8. The molecule has 0 heterocycles. The van der Waals surface area contributed by atoms with Crippen LogP contribution in [-0.2, 0) is 4.79 Å². The Morgan fingerprint density at radius 3 is 2.35 bits per heavy atom.